The van der Waals surface area contributed by atoms with Gasteiger partial charge in [-0.15, -0.1) is 0 Å². The summed E-state index contributed by atoms with van der Waals surface area (Å²) in [4.78, 5) is 24.7. The molecule has 1 aliphatic carbocycles. The summed E-state index contributed by atoms with van der Waals surface area (Å²) in [5, 5.41) is 8.71. The molecule has 2 aromatic rings. The molecule has 0 spiro atoms. The molecule has 3 rings (SSSR count). The van der Waals surface area contributed by atoms with E-state index in [0.29, 0.717) is 32.5 Å². The molecule has 5 heteroatoms. The molecule has 1 N–H and O–H groups in total. The van der Waals surface area contributed by atoms with E-state index in [1.807, 2.05) is 31.2 Å². The van der Waals surface area contributed by atoms with E-state index in [0.717, 1.165) is 0 Å². The molecule has 2 aromatic carbocycles. The summed E-state index contributed by atoms with van der Waals surface area (Å²) in [5.41, 5.74) is 4.79. The fourth-order valence-corrected chi connectivity index (χ4v) is 3.64. The van der Waals surface area contributed by atoms with Gasteiger partial charge < -0.3 is 14.7 Å². The van der Waals surface area contributed by atoms with Gasteiger partial charge in [0.15, 0.2) is 0 Å². The van der Waals surface area contributed by atoms with Gasteiger partial charge >= 0.3 is 12.1 Å². The molecular formula is C22H25NO4. The van der Waals surface area contributed by atoms with Crippen LogP contribution in [0.5, 0.6) is 0 Å². The number of fused-ring (bicyclic) bond motifs is 3. The molecule has 5 nitrogen and oxygen atoms in total. The average Bonchev–Trinajstić information content (AvgIpc) is 3.00. The van der Waals surface area contributed by atoms with Gasteiger partial charge in [0.05, 0.1) is 0 Å². The van der Waals surface area contributed by atoms with Crippen molar-refractivity contribution >= 4 is 12.1 Å². The Labute approximate surface area is 159 Å². The third kappa shape index (κ3) is 4.30. The Bertz CT molecular complexity index is 772. The fourth-order valence-electron chi connectivity index (χ4n) is 3.64. The highest BCUT2D eigenvalue weighted by molar-refractivity contribution is 5.79. The second kappa shape index (κ2) is 8.71. The van der Waals surface area contributed by atoms with Crippen LogP contribution in [0.2, 0.25) is 0 Å². The number of amides is 1. The van der Waals surface area contributed by atoms with E-state index in [2.05, 4.69) is 24.3 Å². The van der Waals surface area contributed by atoms with Gasteiger partial charge in [-0.05, 0) is 42.0 Å². The van der Waals surface area contributed by atoms with Crippen LogP contribution >= 0.6 is 0 Å². The number of benzene rings is 2. The number of carbonyl (C=O) groups excluding carboxylic acids is 1. The molecule has 0 bridgehead atoms. The molecule has 0 aromatic heterocycles. The van der Waals surface area contributed by atoms with Crippen LogP contribution in [0.3, 0.4) is 0 Å². The zero-order valence-corrected chi connectivity index (χ0v) is 15.6. The Morgan fingerprint density at radius 2 is 1.59 bits per heavy atom. The van der Waals surface area contributed by atoms with Gasteiger partial charge in [0, 0.05) is 25.4 Å². The molecule has 0 radical (unpaired) electrons. The lowest BCUT2D eigenvalue weighted by molar-refractivity contribution is -0.137. The van der Waals surface area contributed by atoms with E-state index in [9.17, 15) is 9.59 Å². The number of unbranched alkanes of at least 4 members (excludes halogenated alkanes) is 1. The topological polar surface area (TPSA) is 66.8 Å². The molecule has 0 fully saturated rings. The minimum absolute atomic E-state index is 0.0482. The minimum atomic E-state index is -0.806. The van der Waals surface area contributed by atoms with Gasteiger partial charge in [0.25, 0.3) is 0 Å². The maximum atomic E-state index is 12.5. The highest BCUT2D eigenvalue weighted by Gasteiger charge is 2.29. The van der Waals surface area contributed by atoms with Crippen LogP contribution in [0, 0.1) is 0 Å². The van der Waals surface area contributed by atoms with Gasteiger partial charge in [-0.25, -0.2) is 4.79 Å². The smallest absolute Gasteiger partial charge is 0.409 e. The van der Waals surface area contributed by atoms with Crippen molar-refractivity contribution in [2.45, 2.75) is 32.1 Å². The quantitative estimate of drug-likeness (QED) is 0.697. The number of aliphatic carboxylic acids is 1. The summed E-state index contributed by atoms with van der Waals surface area (Å²) >= 11 is 0. The van der Waals surface area contributed by atoms with Crippen LogP contribution < -0.4 is 0 Å². The van der Waals surface area contributed by atoms with Crippen LogP contribution in [-0.2, 0) is 9.53 Å². The van der Waals surface area contributed by atoms with Gasteiger partial charge in [0.2, 0.25) is 0 Å². The van der Waals surface area contributed by atoms with Crippen LogP contribution in [0.4, 0.5) is 4.79 Å². The Balaban J connectivity index is 1.62. The second-order valence-electron chi connectivity index (χ2n) is 6.73. The summed E-state index contributed by atoms with van der Waals surface area (Å²) < 4.78 is 5.64. The predicted octanol–water partition coefficient (Wildman–Crippen LogP) is 4.51. The van der Waals surface area contributed by atoms with Gasteiger partial charge in [-0.3, -0.25) is 4.79 Å². The molecular weight excluding hydrogens is 342 g/mol. The number of rotatable bonds is 8. The average molecular weight is 367 g/mol. The normalized spacial score (nSPS) is 12.3. The molecule has 0 saturated heterocycles. The third-order valence-electron chi connectivity index (χ3n) is 5.04. The number of carboxylic acids is 1. The predicted molar refractivity (Wildman–Crippen MR) is 104 cm³/mol. The van der Waals surface area contributed by atoms with E-state index < -0.39 is 5.97 Å². The fraction of sp³-hybridized carbons (Fsp3) is 0.364. The van der Waals surface area contributed by atoms with Gasteiger partial charge in [-0.1, -0.05) is 48.5 Å². The van der Waals surface area contributed by atoms with Crippen molar-refractivity contribution < 1.29 is 19.4 Å². The maximum absolute atomic E-state index is 12.5. The van der Waals surface area contributed by atoms with Crippen LogP contribution in [-0.4, -0.2) is 41.8 Å². The molecule has 142 valence electrons. The van der Waals surface area contributed by atoms with Crippen molar-refractivity contribution in [3.8, 4) is 11.1 Å². The van der Waals surface area contributed by atoms with E-state index in [-0.39, 0.29) is 18.4 Å². The Kier molecular flexibility index (Phi) is 6.12. The molecule has 0 aliphatic heterocycles. The first-order chi connectivity index (χ1) is 13.1. The van der Waals surface area contributed by atoms with Crippen molar-refractivity contribution in [1.82, 2.24) is 4.90 Å². The lowest BCUT2D eigenvalue weighted by Gasteiger charge is -2.22. The minimum Gasteiger partial charge on any atom is -0.481 e. The van der Waals surface area contributed by atoms with E-state index in [1.54, 1.807) is 4.90 Å². The largest absolute Gasteiger partial charge is 0.481 e. The molecule has 1 aliphatic rings. The van der Waals surface area contributed by atoms with Crippen LogP contribution in [0.25, 0.3) is 11.1 Å². The molecule has 0 saturated carbocycles. The second-order valence-corrected chi connectivity index (χ2v) is 6.73. The summed E-state index contributed by atoms with van der Waals surface area (Å²) in [7, 11) is 0. The third-order valence-corrected chi connectivity index (χ3v) is 5.04. The van der Waals surface area contributed by atoms with E-state index in [4.69, 9.17) is 9.84 Å². The first-order valence-corrected chi connectivity index (χ1v) is 9.43. The highest BCUT2D eigenvalue weighted by Crippen LogP contribution is 2.44. The number of carbonyl (C=O) groups is 2. The van der Waals surface area contributed by atoms with Crippen molar-refractivity contribution in [3.63, 3.8) is 0 Å². The van der Waals surface area contributed by atoms with Crippen molar-refractivity contribution in [2.24, 2.45) is 0 Å². The lowest BCUT2D eigenvalue weighted by atomic mass is 9.98. The molecule has 0 unspecified atom stereocenters. The lowest BCUT2D eigenvalue weighted by Crippen LogP contribution is -2.33. The summed E-state index contributed by atoms with van der Waals surface area (Å²) in [6, 6.07) is 16.5. The van der Waals surface area contributed by atoms with Crippen molar-refractivity contribution in [2.75, 3.05) is 19.7 Å². The first-order valence-electron chi connectivity index (χ1n) is 9.43. The van der Waals surface area contributed by atoms with Crippen LogP contribution in [0.1, 0.15) is 43.2 Å². The monoisotopic (exact) mass is 367 g/mol. The zero-order valence-electron chi connectivity index (χ0n) is 15.6. The Morgan fingerprint density at radius 3 is 2.15 bits per heavy atom. The summed E-state index contributed by atoms with van der Waals surface area (Å²) in [6.45, 7) is 3.27. The first kappa shape index (κ1) is 19.0. The van der Waals surface area contributed by atoms with Crippen molar-refractivity contribution in [3.05, 3.63) is 59.7 Å². The zero-order chi connectivity index (χ0) is 19.2. The van der Waals surface area contributed by atoms with Gasteiger partial charge in [-0.2, -0.15) is 0 Å². The number of nitrogens with zero attached hydrogens (tertiary/aromatic N) is 1. The van der Waals surface area contributed by atoms with E-state index in [1.165, 1.54) is 22.3 Å². The molecule has 0 atom stereocenters. The maximum Gasteiger partial charge on any atom is 0.409 e. The number of hydrogen-bond donors (Lipinski definition) is 1. The van der Waals surface area contributed by atoms with Crippen molar-refractivity contribution in [1.29, 1.82) is 0 Å². The Morgan fingerprint density at radius 1 is 1.00 bits per heavy atom. The summed E-state index contributed by atoms with van der Waals surface area (Å²) in [6.07, 6.45) is 1.00. The Hall–Kier alpha value is -2.82. The number of carboxylic acid groups (broad SMARTS) is 1. The summed E-state index contributed by atoms with van der Waals surface area (Å²) in [5.74, 6) is -0.758. The van der Waals surface area contributed by atoms with Crippen LogP contribution in [0.15, 0.2) is 48.5 Å². The highest BCUT2D eigenvalue weighted by atomic mass is 16.6. The number of ether oxygens (including phenoxy) is 1. The number of hydrogen-bond acceptors (Lipinski definition) is 3. The van der Waals surface area contributed by atoms with Gasteiger partial charge in [0.1, 0.15) is 6.61 Å². The van der Waals surface area contributed by atoms with E-state index >= 15 is 0 Å². The molecule has 27 heavy (non-hydrogen) atoms. The molecule has 1 amide bonds. The SMILES string of the molecule is CCN(CCCCC(=O)O)C(=O)OCC1c2ccccc2-c2ccccc21. The molecule has 0 heterocycles. The standard InChI is InChI=1S/C22H25NO4/c1-2-23(14-8-7-13-21(24)25)22(26)27-15-20-18-11-5-3-9-16(18)17-10-4-6-12-19(17)20/h3-6,9-12,20H,2,7-8,13-15H2,1H3,(H,24,25).